The molecule has 0 aromatic heterocycles. The Hall–Kier alpha value is -0.550. The van der Waals surface area contributed by atoms with Crippen molar-refractivity contribution in [3.05, 3.63) is 0 Å². The molecule has 118 valence electrons. The van der Waals surface area contributed by atoms with E-state index < -0.39 is 0 Å². The van der Waals surface area contributed by atoms with Gasteiger partial charge in [0, 0.05) is 0 Å². The molecule has 1 atom stereocenters. The average molecular weight is 280 g/mol. The van der Waals surface area contributed by atoms with Crippen molar-refractivity contribution in [3.8, 4) is 6.07 Å². The van der Waals surface area contributed by atoms with Crippen LogP contribution >= 0.6 is 0 Å². The van der Waals surface area contributed by atoms with Crippen LogP contribution in [0.2, 0.25) is 0 Å². The second kappa shape index (κ2) is 16.5. The largest absolute Gasteiger partial charge is 0.302 e. The first-order chi connectivity index (χ1) is 9.81. The minimum Gasteiger partial charge on any atom is -0.302 e. The number of hydrogen-bond acceptors (Lipinski definition) is 2. The molecular weight excluding hydrogens is 244 g/mol. The highest BCUT2D eigenvalue weighted by atomic mass is 14.9. The number of nitrogens with one attached hydrogen (secondary N) is 1. The minimum absolute atomic E-state index is 0.00678. The highest BCUT2D eigenvalue weighted by Crippen LogP contribution is 2.12. The summed E-state index contributed by atoms with van der Waals surface area (Å²) >= 11 is 0. The molecule has 0 radical (unpaired) electrons. The summed E-state index contributed by atoms with van der Waals surface area (Å²) in [7, 11) is 0. The minimum atomic E-state index is 0.00678. The Morgan fingerprint density at radius 2 is 1.15 bits per heavy atom. The van der Waals surface area contributed by atoms with Crippen LogP contribution in [0.25, 0.3) is 0 Å². The summed E-state index contributed by atoms with van der Waals surface area (Å²) in [4.78, 5) is 0. The smallest absolute Gasteiger partial charge is 0.0924 e. The lowest BCUT2D eigenvalue weighted by Gasteiger charge is -2.05. The van der Waals surface area contributed by atoms with Gasteiger partial charge in [-0.15, -0.1) is 0 Å². The third kappa shape index (κ3) is 15.5. The lowest BCUT2D eigenvalue weighted by molar-refractivity contribution is 0.528. The summed E-state index contributed by atoms with van der Waals surface area (Å²) in [5.74, 6) is 0. The Kier molecular flexibility index (Phi) is 16.1. The lowest BCUT2D eigenvalue weighted by Crippen LogP contribution is -2.25. The molecule has 0 aliphatic heterocycles. The third-order valence-corrected chi connectivity index (χ3v) is 3.92. The highest BCUT2D eigenvalue weighted by molar-refractivity contribution is 4.84. The van der Waals surface area contributed by atoms with Gasteiger partial charge in [-0.05, 0) is 19.9 Å². The zero-order valence-electron chi connectivity index (χ0n) is 13.9. The van der Waals surface area contributed by atoms with E-state index in [1.165, 1.54) is 83.5 Å². The summed E-state index contributed by atoms with van der Waals surface area (Å²) in [5, 5.41) is 11.8. The maximum atomic E-state index is 8.63. The Morgan fingerprint density at radius 1 is 0.750 bits per heavy atom. The molecule has 0 spiro atoms. The van der Waals surface area contributed by atoms with E-state index in [-0.39, 0.29) is 6.04 Å². The number of hydrogen-bond donors (Lipinski definition) is 1. The SMILES string of the molecule is CCCCCCCCCCCCCCCNC(C)C#N. The Bertz CT molecular complexity index is 220. The standard InChI is InChI=1S/C18H36N2/c1-3-4-5-6-7-8-9-10-11-12-13-14-15-16-20-18(2)17-19/h18,20H,3-16H2,1-2H3. The monoisotopic (exact) mass is 280 g/mol. The fourth-order valence-electron chi connectivity index (χ4n) is 2.51. The topological polar surface area (TPSA) is 35.8 Å². The van der Waals surface area contributed by atoms with Gasteiger partial charge in [0.25, 0.3) is 0 Å². The molecule has 0 aliphatic carbocycles. The van der Waals surface area contributed by atoms with Gasteiger partial charge in [-0.25, -0.2) is 0 Å². The van der Waals surface area contributed by atoms with Crippen molar-refractivity contribution in [1.29, 1.82) is 5.26 Å². The van der Waals surface area contributed by atoms with Crippen LogP contribution in [0.5, 0.6) is 0 Å². The molecule has 0 heterocycles. The van der Waals surface area contributed by atoms with Gasteiger partial charge in [0.15, 0.2) is 0 Å². The van der Waals surface area contributed by atoms with E-state index >= 15 is 0 Å². The molecule has 0 saturated heterocycles. The van der Waals surface area contributed by atoms with Crippen molar-refractivity contribution in [2.75, 3.05) is 6.54 Å². The molecule has 0 amide bonds. The van der Waals surface area contributed by atoms with Gasteiger partial charge < -0.3 is 5.32 Å². The molecule has 0 aromatic rings. The summed E-state index contributed by atoms with van der Waals surface area (Å²) in [6, 6.07) is 2.21. The Balaban J connectivity index is 2.98. The predicted molar refractivity (Wildman–Crippen MR) is 88.8 cm³/mol. The molecular formula is C18H36N2. The normalized spacial score (nSPS) is 12.2. The van der Waals surface area contributed by atoms with Crippen molar-refractivity contribution in [2.24, 2.45) is 0 Å². The molecule has 0 rings (SSSR count). The number of nitriles is 1. The van der Waals surface area contributed by atoms with Crippen molar-refractivity contribution in [2.45, 2.75) is 103 Å². The van der Waals surface area contributed by atoms with Crippen LogP contribution in [0.4, 0.5) is 0 Å². The predicted octanol–water partition coefficient (Wildman–Crippen LogP) is 5.58. The fourth-order valence-corrected chi connectivity index (χ4v) is 2.51. The van der Waals surface area contributed by atoms with Gasteiger partial charge >= 0.3 is 0 Å². The molecule has 0 bridgehead atoms. The van der Waals surface area contributed by atoms with Crippen LogP contribution in [0.3, 0.4) is 0 Å². The molecule has 2 heteroatoms. The van der Waals surface area contributed by atoms with Gasteiger partial charge in [0.05, 0.1) is 12.1 Å². The van der Waals surface area contributed by atoms with Gasteiger partial charge in [-0.1, -0.05) is 84.0 Å². The number of unbranched alkanes of at least 4 members (excludes halogenated alkanes) is 12. The summed E-state index contributed by atoms with van der Waals surface area (Å²) in [6.07, 6.45) is 18.1. The van der Waals surface area contributed by atoms with E-state index in [9.17, 15) is 0 Å². The molecule has 0 saturated carbocycles. The summed E-state index contributed by atoms with van der Waals surface area (Å²) in [6.45, 7) is 5.19. The fraction of sp³-hybridized carbons (Fsp3) is 0.944. The molecule has 20 heavy (non-hydrogen) atoms. The van der Waals surface area contributed by atoms with Crippen LogP contribution in [0, 0.1) is 11.3 Å². The van der Waals surface area contributed by atoms with Crippen molar-refractivity contribution in [1.82, 2.24) is 5.32 Å². The zero-order chi connectivity index (χ0) is 14.9. The second-order valence-corrected chi connectivity index (χ2v) is 6.05. The van der Waals surface area contributed by atoms with Gasteiger partial charge in [-0.2, -0.15) is 5.26 Å². The van der Waals surface area contributed by atoms with Crippen LogP contribution in [0.1, 0.15) is 97.3 Å². The third-order valence-electron chi connectivity index (χ3n) is 3.92. The van der Waals surface area contributed by atoms with Crippen LogP contribution in [-0.4, -0.2) is 12.6 Å². The first-order valence-electron chi connectivity index (χ1n) is 8.94. The van der Waals surface area contributed by atoms with Crippen LogP contribution in [0.15, 0.2) is 0 Å². The van der Waals surface area contributed by atoms with Crippen molar-refractivity contribution in [3.63, 3.8) is 0 Å². The van der Waals surface area contributed by atoms with E-state index in [4.69, 9.17) is 5.26 Å². The molecule has 0 aliphatic rings. The average Bonchev–Trinajstić information content (AvgIpc) is 2.47. The van der Waals surface area contributed by atoms with E-state index in [0.717, 1.165) is 6.54 Å². The molecule has 1 unspecified atom stereocenters. The first-order valence-corrected chi connectivity index (χ1v) is 8.94. The molecule has 0 aromatic carbocycles. The summed E-state index contributed by atoms with van der Waals surface area (Å²) < 4.78 is 0. The Morgan fingerprint density at radius 3 is 1.55 bits per heavy atom. The van der Waals surface area contributed by atoms with E-state index in [1.807, 2.05) is 6.92 Å². The van der Waals surface area contributed by atoms with E-state index in [1.54, 1.807) is 0 Å². The molecule has 0 fully saturated rings. The maximum absolute atomic E-state index is 8.63. The lowest BCUT2D eigenvalue weighted by atomic mass is 10.0. The zero-order valence-corrected chi connectivity index (χ0v) is 13.9. The highest BCUT2D eigenvalue weighted by Gasteiger charge is 1.97. The molecule has 2 nitrogen and oxygen atoms in total. The van der Waals surface area contributed by atoms with Crippen LogP contribution in [-0.2, 0) is 0 Å². The van der Waals surface area contributed by atoms with Crippen LogP contribution < -0.4 is 5.32 Å². The Labute approximate surface area is 127 Å². The second-order valence-electron chi connectivity index (χ2n) is 6.05. The van der Waals surface area contributed by atoms with Gasteiger partial charge in [0.2, 0.25) is 0 Å². The van der Waals surface area contributed by atoms with Gasteiger partial charge in [-0.3, -0.25) is 0 Å². The number of rotatable bonds is 15. The number of nitrogens with zero attached hydrogens (tertiary/aromatic N) is 1. The van der Waals surface area contributed by atoms with E-state index in [2.05, 4.69) is 18.3 Å². The van der Waals surface area contributed by atoms with Crippen molar-refractivity contribution >= 4 is 0 Å². The summed E-state index contributed by atoms with van der Waals surface area (Å²) in [5.41, 5.74) is 0. The van der Waals surface area contributed by atoms with Gasteiger partial charge in [0.1, 0.15) is 0 Å². The van der Waals surface area contributed by atoms with E-state index in [0.29, 0.717) is 0 Å². The van der Waals surface area contributed by atoms with Crippen molar-refractivity contribution < 1.29 is 0 Å². The first kappa shape index (κ1) is 19.4. The maximum Gasteiger partial charge on any atom is 0.0924 e. The quantitative estimate of drug-likeness (QED) is 0.397. The molecule has 1 N–H and O–H groups in total.